The zero-order valence-electron chi connectivity index (χ0n) is 19.7. The molecule has 14 heteroatoms. The van der Waals surface area contributed by atoms with Crippen molar-refractivity contribution in [3.63, 3.8) is 0 Å². The van der Waals surface area contributed by atoms with Crippen LogP contribution in [0.4, 0.5) is 10.1 Å². The molecule has 37 heavy (non-hydrogen) atoms. The minimum atomic E-state index is -1.09. The molecule has 0 saturated heterocycles. The van der Waals surface area contributed by atoms with Gasteiger partial charge in [-0.25, -0.2) is 23.5 Å². The molecule has 4 rings (SSSR count). The molecule has 0 unspecified atom stereocenters. The monoisotopic (exact) mass is 548 g/mol. The Morgan fingerprint density at radius 1 is 1.22 bits per heavy atom. The molecule has 0 bridgehead atoms. The van der Waals surface area contributed by atoms with E-state index in [1.54, 1.807) is 31.2 Å². The first-order chi connectivity index (χ1) is 17.7. The number of aliphatic hydroxyl groups excluding tert-OH is 1. The van der Waals surface area contributed by atoms with Gasteiger partial charge in [0.15, 0.2) is 11.6 Å². The van der Waals surface area contributed by atoms with E-state index in [4.69, 9.17) is 21.1 Å². The fourth-order valence-corrected chi connectivity index (χ4v) is 4.03. The summed E-state index contributed by atoms with van der Waals surface area (Å²) in [5, 5.41) is 10.8. The molecule has 2 aromatic heterocycles. The lowest BCUT2D eigenvalue weighted by atomic mass is 10.2. The Morgan fingerprint density at radius 2 is 1.97 bits per heavy atom. The Bertz CT molecular complexity index is 1580. The Balaban J connectivity index is 1.76. The van der Waals surface area contributed by atoms with Gasteiger partial charge in [-0.2, -0.15) is 9.36 Å². The zero-order valence-corrected chi connectivity index (χ0v) is 21.3. The SMILES string of the molecule is COC[C@@H](O)Cn1c(=O)[nH]/c(=N\c2ccc(Oc3nc(C)ns3)c(F)c2)n(Cc2ccc(Cl)cc2)c1=O. The van der Waals surface area contributed by atoms with Crippen LogP contribution in [-0.4, -0.2) is 48.4 Å². The van der Waals surface area contributed by atoms with Crippen molar-refractivity contribution >= 4 is 28.8 Å². The summed E-state index contributed by atoms with van der Waals surface area (Å²) in [5.74, 6) is -0.303. The van der Waals surface area contributed by atoms with Gasteiger partial charge in [-0.05, 0) is 36.8 Å². The van der Waals surface area contributed by atoms with Crippen molar-refractivity contribution in [3.05, 3.63) is 91.3 Å². The van der Waals surface area contributed by atoms with E-state index >= 15 is 0 Å². The first-order valence-electron chi connectivity index (χ1n) is 10.9. The van der Waals surface area contributed by atoms with Crippen molar-refractivity contribution in [2.24, 2.45) is 4.99 Å². The van der Waals surface area contributed by atoms with Gasteiger partial charge in [-0.3, -0.25) is 9.55 Å². The van der Waals surface area contributed by atoms with Crippen molar-refractivity contribution in [1.29, 1.82) is 0 Å². The summed E-state index contributed by atoms with van der Waals surface area (Å²) in [6.07, 6.45) is -1.09. The number of nitrogens with zero attached hydrogens (tertiary/aromatic N) is 5. The Labute approximate surface area is 218 Å². The lowest BCUT2D eigenvalue weighted by Gasteiger charge is -2.14. The first-order valence-corrected chi connectivity index (χ1v) is 12.1. The van der Waals surface area contributed by atoms with Crippen LogP contribution in [0, 0.1) is 12.7 Å². The van der Waals surface area contributed by atoms with Crippen LogP contribution < -0.4 is 21.7 Å². The molecule has 2 aromatic carbocycles. The molecule has 0 spiro atoms. The summed E-state index contributed by atoms with van der Waals surface area (Å²) in [5.41, 5.74) is -0.815. The summed E-state index contributed by atoms with van der Waals surface area (Å²) in [7, 11) is 1.39. The molecule has 0 aliphatic carbocycles. The topological polar surface area (TPSA) is 137 Å². The Kier molecular flexibility index (Phi) is 8.28. The van der Waals surface area contributed by atoms with Crippen LogP contribution in [0.1, 0.15) is 11.4 Å². The largest absolute Gasteiger partial charge is 0.427 e. The number of aryl methyl sites for hydroxylation is 1. The van der Waals surface area contributed by atoms with E-state index in [1.165, 1.54) is 23.8 Å². The molecule has 0 radical (unpaired) electrons. The number of hydrogen-bond donors (Lipinski definition) is 2. The summed E-state index contributed by atoms with van der Waals surface area (Å²) in [4.78, 5) is 36.9. The lowest BCUT2D eigenvalue weighted by molar-refractivity contribution is 0.0515. The van der Waals surface area contributed by atoms with Crippen LogP contribution in [0.3, 0.4) is 0 Å². The summed E-state index contributed by atoms with van der Waals surface area (Å²) in [6, 6.07) is 10.7. The maximum atomic E-state index is 14.7. The molecule has 2 N–H and O–H groups in total. The van der Waals surface area contributed by atoms with E-state index in [9.17, 15) is 19.1 Å². The van der Waals surface area contributed by atoms with Crippen LogP contribution in [0.5, 0.6) is 10.9 Å². The molecule has 1 atom stereocenters. The van der Waals surface area contributed by atoms with Crippen LogP contribution in [0.15, 0.2) is 57.0 Å². The number of hydrogen-bond acceptors (Lipinski definition) is 9. The van der Waals surface area contributed by atoms with Crippen molar-refractivity contribution in [2.75, 3.05) is 13.7 Å². The van der Waals surface area contributed by atoms with Crippen LogP contribution in [0.2, 0.25) is 5.02 Å². The lowest BCUT2D eigenvalue weighted by Crippen LogP contribution is -2.51. The highest BCUT2D eigenvalue weighted by Gasteiger charge is 2.15. The normalized spacial score (nSPS) is 12.6. The summed E-state index contributed by atoms with van der Waals surface area (Å²) < 4.78 is 31.1. The highest BCUT2D eigenvalue weighted by Crippen LogP contribution is 2.28. The first kappa shape index (κ1) is 26.4. The fourth-order valence-electron chi connectivity index (χ4n) is 3.35. The van der Waals surface area contributed by atoms with Gasteiger partial charge in [-0.15, -0.1) is 0 Å². The van der Waals surface area contributed by atoms with Crippen molar-refractivity contribution in [1.82, 2.24) is 23.5 Å². The van der Waals surface area contributed by atoms with E-state index in [1.807, 2.05) is 0 Å². The van der Waals surface area contributed by atoms with Crippen molar-refractivity contribution in [2.45, 2.75) is 26.1 Å². The van der Waals surface area contributed by atoms with E-state index in [0.717, 1.165) is 22.2 Å². The number of halogens is 2. The summed E-state index contributed by atoms with van der Waals surface area (Å²) in [6.45, 7) is 1.34. The van der Waals surface area contributed by atoms with E-state index in [-0.39, 0.29) is 41.9 Å². The second-order valence-corrected chi connectivity index (χ2v) is 9.06. The van der Waals surface area contributed by atoms with Crippen molar-refractivity contribution in [3.8, 4) is 10.9 Å². The average Bonchev–Trinajstić information content (AvgIpc) is 3.27. The molecule has 0 fully saturated rings. The van der Waals surface area contributed by atoms with E-state index in [2.05, 4.69) is 19.3 Å². The quantitative estimate of drug-likeness (QED) is 0.327. The average molecular weight is 549 g/mol. The third-order valence-electron chi connectivity index (χ3n) is 5.04. The van der Waals surface area contributed by atoms with E-state index in [0.29, 0.717) is 16.4 Å². The van der Waals surface area contributed by atoms with Gasteiger partial charge in [0, 0.05) is 29.7 Å². The Hall–Kier alpha value is -3.65. The maximum Gasteiger partial charge on any atom is 0.335 e. The molecule has 0 aliphatic heterocycles. The molecule has 4 aromatic rings. The molecule has 0 saturated carbocycles. The molecular weight excluding hydrogens is 527 g/mol. The van der Waals surface area contributed by atoms with Gasteiger partial charge < -0.3 is 14.6 Å². The zero-order chi connectivity index (χ0) is 26.5. The number of methoxy groups -OCH3 is 1. The smallest absolute Gasteiger partial charge is 0.335 e. The van der Waals surface area contributed by atoms with Gasteiger partial charge in [0.05, 0.1) is 31.5 Å². The minimum Gasteiger partial charge on any atom is -0.427 e. The molecule has 2 heterocycles. The molecule has 0 aliphatic rings. The number of ether oxygens (including phenoxy) is 2. The van der Waals surface area contributed by atoms with Crippen LogP contribution in [-0.2, 0) is 17.8 Å². The van der Waals surface area contributed by atoms with E-state index < -0.39 is 23.3 Å². The molecule has 0 amide bonds. The fraction of sp³-hybridized carbons (Fsp3) is 0.261. The number of aromatic amines is 1. The maximum absolute atomic E-state index is 14.7. The number of rotatable bonds is 9. The third-order valence-corrected chi connectivity index (χ3v) is 5.98. The molecule has 194 valence electrons. The number of nitrogens with one attached hydrogen (secondary N) is 1. The standard InChI is InChI=1S/C23H22ClFN6O5S/c1-13-26-22(37-29-13)36-19-8-7-16(9-18(19)25)27-20-28-21(33)31(11-17(32)12-35-2)23(34)30(20)10-14-3-5-15(24)6-4-14/h3-9,17,32H,10-12H2,1-2H3,(H,27,28,33)/t17-/m0/s1. The predicted molar refractivity (Wildman–Crippen MR) is 134 cm³/mol. The highest BCUT2D eigenvalue weighted by molar-refractivity contribution is 7.07. The predicted octanol–water partition coefficient (Wildman–Crippen LogP) is 2.37. The molecular formula is C23H22ClFN6O5S. The number of aromatic nitrogens is 5. The molecule has 11 nitrogen and oxygen atoms in total. The van der Waals surface area contributed by atoms with Crippen molar-refractivity contribution < 1.29 is 19.0 Å². The second kappa shape index (κ2) is 11.6. The number of H-pyrrole nitrogens is 1. The van der Waals surface area contributed by atoms with Crippen LogP contribution in [0.25, 0.3) is 0 Å². The van der Waals surface area contributed by atoms with Gasteiger partial charge in [0.2, 0.25) is 5.62 Å². The van der Waals surface area contributed by atoms with Crippen LogP contribution >= 0.6 is 23.1 Å². The second-order valence-electron chi connectivity index (χ2n) is 7.90. The number of aliphatic hydroxyl groups is 1. The third kappa shape index (κ3) is 6.57. The Morgan fingerprint density at radius 3 is 2.62 bits per heavy atom. The van der Waals surface area contributed by atoms with Gasteiger partial charge >= 0.3 is 11.4 Å². The minimum absolute atomic E-state index is 0.0199. The van der Waals surface area contributed by atoms with Gasteiger partial charge in [0.25, 0.3) is 5.19 Å². The van der Waals surface area contributed by atoms with Gasteiger partial charge in [-0.1, -0.05) is 23.7 Å². The highest BCUT2D eigenvalue weighted by atomic mass is 35.5. The number of benzene rings is 2. The van der Waals surface area contributed by atoms with Gasteiger partial charge in [0.1, 0.15) is 5.82 Å². The summed E-state index contributed by atoms with van der Waals surface area (Å²) >= 11 is 6.95.